The summed E-state index contributed by atoms with van der Waals surface area (Å²) in [5.41, 5.74) is -0.558. The van der Waals surface area contributed by atoms with Gasteiger partial charge < -0.3 is 19.7 Å². The molecule has 3 aromatic rings. The van der Waals surface area contributed by atoms with Gasteiger partial charge in [-0.2, -0.15) is 18.3 Å². The van der Waals surface area contributed by atoms with Crippen molar-refractivity contribution in [2.24, 2.45) is 7.05 Å². The van der Waals surface area contributed by atoms with Crippen molar-refractivity contribution in [1.29, 1.82) is 0 Å². The quantitative estimate of drug-likeness (QED) is 0.542. The number of amides is 2. The number of hydrogen-bond donors (Lipinski definition) is 1. The lowest BCUT2D eigenvalue weighted by Gasteiger charge is -2.32. The average Bonchev–Trinajstić information content (AvgIpc) is 3.24. The third-order valence-corrected chi connectivity index (χ3v) is 6.02. The summed E-state index contributed by atoms with van der Waals surface area (Å²) in [6.07, 6.45) is -1.71. The maximum Gasteiger partial charge on any atom is 0.417 e. The van der Waals surface area contributed by atoms with Gasteiger partial charge >= 0.3 is 6.18 Å². The number of alkyl halides is 3. The molecule has 4 rings (SSSR count). The molecule has 0 saturated heterocycles. The molecule has 2 amide bonds. The monoisotopic (exact) mass is 523 g/mol. The van der Waals surface area contributed by atoms with Gasteiger partial charge in [0.25, 0.3) is 17.7 Å². The van der Waals surface area contributed by atoms with Gasteiger partial charge in [-0.15, -0.1) is 0 Å². The molecular formula is C23H21ClF3N5O4. The summed E-state index contributed by atoms with van der Waals surface area (Å²) >= 11 is 5.72. The zero-order valence-corrected chi connectivity index (χ0v) is 20.1. The van der Waals surface area contributed by atoms with E-state index in [1.807, 2.05) is 0 Å². The summed E-state index contributed by atoms with van der Waals surface area (Å²) < 4.78 is 52.3. The van der Waals surface area contributed by atoms with Crippen molar-refractivity contribution in [3.8, 4) is 11.6 Å². The lowest BCUT2D eigenvalue weighted by Crippen LogP contribution is -2.41. The number of aryl methyl sites for hydroxylation is 1. The standard InChI is InChI=1S/C23H21ClF3N5O4/c1-31-19-16(30-20(33)14-5-4-13(24)9-15(14)23(25,26)27)6-7-32(17(19)11-29-31)22(34)12-8-18(35-2)21(36-3)28-10-12/h4-5,8-11,16H,6-7H2,1-3H3,(H,30,33). The molecule has 13 heteroatoms. The van der Waals surface area contributed by atoms with Crippen LogP contribution >= 0.6 is 11.6 Å². The zero-order valence-electron chi connectivity index (χ0n) is 19.4. The average molecular weight is 524 g/mol. The van der Waals surface area contributed by atoms with Crippen LogP contribution in [0.2, 0.25) is 5.02 Å². The number of aromatic nitrogens is 3. The van der Waals surface area contributed by atoms with Crippen LogP contribution in [0.3, 0.4) is 0 Å². The van der Waals surface area contributed by atoms with Crippen LogP contribution in [0.5, 0.6) is 11.6 Å². The van der Waals surface area contributed by atoms with Gasteiger partial charge in [0.1, 0.15) is 0 Å². The van der Waals surface area contributed by atoms with Gasteiger partial charge in [0, 0.05) is 30.9 Å². The summed E-state index contributed by atoms with van der Waals surface area (Å²) in [7, 11) is 4.47. The Bertz CT molecular complexity index is 1330. The molecule has 3 heterocycles. The van der Waals surface area contributed by atoms with Crippen LogP contribution in [0.4, 0.5) is 18.9 Å². The first-order valence-electron chi connectivity index (χ1n) is 10.6. The van der Waals surface area contributed by atoms with E-state index >= 15 is 0 Å². The highest BCUT2D eigenvalue weighted by Gasteiger charge is 2.38. The van der Waals surface area contributed by atoms with Crippen molar-refractivity contribution in [2.75, 3.05) is 25.7 Å². The molecule has 190 valence electrons. The molecular weight excluding hydrogens is 503 g/mol. The van der Waals surface area contributed by atoms with Crippen molar-refractivity contribution in [3.63, 3.8) is 0 Å². The summed E-state index contributed by atoms with van der Waals surface area (Å²) in [5, 5.41) is 6.72. The molecule has 9 nitrogen and oxygen atoms in total. The third-order valence-electron chi connectivity index (χ3n) is 5.79. The van der Waals surface area contributed by atoms with Crippen LogP contribution in [0.15, 0.2) is 36.7 Å². The fourth-order valence-electron chi connectivity index (χ4n) is 4.10. The minimum Gasteiger partial charge on any atom is -0.491 e. The number of methoxy groups -OCH3 is 2. The van der Waals surface area contributed by atoms with E-state index in [9.17, 15) is 22.8 Å². The van der Waals surface area contributed by atoms with E-state index in [1.165, 1.54) is 48.3 Å². The summed E-state index contributed by atoms with van der Waals surface area (Å²) in [6.45, 7) is 0.170. The Morgan fingerprint density at radius 2 is 1.92 bits per heavy atom. The highest BCUT2D eigenvalue weighted by Crippen LogP contribution is 2.37. The van der Waals surface area contributed by atoms with Crippen LogP contribution in [0.25, 0.3) is 0 Å². The number of rotatable bonds is 5. The number of anilines is 1. The van der Waals surface area contributed by atoms with E-state index in [2.05, 4.69) is 15.4 Å². The van der Waals surface area contributed by atoms with E-state index in [-0.39, 0.29) is 41.1 Å². The number of pyridine rings is 1. The molecule has 36 heavy (non-hydrogen) atoms. The number of carbonyl (C=O) groups is 2. The van der Waals surface area contributed by atoms with E-state index < -0.39 is 29.3 Å². The predicted molar refractivity (Wildman–Crippen MR) is 124 cm³/mol. The fraction of sp³-hybridized carbons (Fsp3) is 0.304. The molecule has 1 aliphatic rings. The van der Waals surface area contributed by atoms with Crippen molar-refractivity contribution >= 4 is 29.1 Å². The second kappa shape index (κ2) is 9.69. The third kappa shape index (κ3) is 4.68. The van der Waals surface area contributed by atoms with Crippen molar-refractivity contribution < 1.29 is 32.2 Å². The summed E-state index contributed by atoms with van der Waals surface area (Å²) in [5.74, 6) is -0.808. The molecule has 0 radical (unpaired) electrons. The van der Waals surface area contributed by atoms with E-state index in [1.54, 1.807) is 7.05 Å². The highest BCUT2D eigenvalue weighted by molar-refractivity contribution is 6.30. The van der Waals surface area contributed by atoms with Crippen LogP contribution in [-0.4, -0.2) is 47.3 Å². The Labute approximate surface area is 208 Å². The molecule has 0 fully saturated rings. The number of nitrogens with one attached hydrogen (secondary N) is 1. The minimum atomic E-state index is -4.77. The Morgan fingerprint density at radius 3 is 2.58 bits per heavy atom. The van der Waals surface area contributed by atoms with Gasteiger partial charge in [-0.05, 0) is 24.6 Å². The van der Waals surface area contributed by atoms with Gasteiger partial charge in [0.15, 0.2) is 5.75 Å². The van der Waals surface area contributed by atoms with Crippen molar-refractivity contribution in [3.05, 3.63) is 64.1 Å². The van der Waals surface area contributed by atoms with Gasteiger partial charge in [-0.3, -0.25) is 14.3 Å². The fourth-order valence-corrected chi connectivity index (χ4v) is 4.28. The Morgan fingerprint density at radius 1 is 1.17 bits per heavy atom. The molecule has 0 spiro atoms. The Hall–Kier alpha value is -3.80. The highest BCUT2D eigenvalue weighted by atomic mass is 35.5. The van der Waals surface area contributed by atoms with E-state index in [0.717, 1.165) is 6.07 Å². The first kappa shape index (κ1) is 25.3. The summed E-state index contributed by atoms with van der Waals surface area (Å²) in [6, 6.07) is 3.78. The molecule has 0 aliphatic carbocycles. The molecule has 1 atom stereocenters. The smallest absolute Gasteiger partial charge is 0.417 e. The zero-order chi connectivity index (χ0) is 26.2. The number of nitrogens with zero attached hydrogens (tertiary/aromatic N) is 4. The Balaban J connectivity index is 1.62. The van der Waals surface area contributed by atoms with Crippen LogP contribution in [0, 0.1) is 0 Å². The Kier molecular flexibility index (Phi) is 6.81. The molecule has 2 aromatic heterocycles. The molecule has 0 saturated carbocycles. The van der Waals surface area contributed by atoms with Gasteiger partial charge in [0.2, 0.25) is 0 Å². The lowest BCUT2D eigenvalue weighted by atomic mass is 10.0. The topological polar surface area (TPSA) is 98.6 Å². The SMILES string of the molecule is COc1cc(C(=O)N2CCC(NC(=O)c3ccc(Cl)cc3C(F)(F)F)c3c2cnn3C)cnc1OC. The van der Waals surface area contributed by atoms with Crippen LogP contribution in [0.1, 0.15) is 44.4 Å². The first-order valence-corrected chi connectivity index (χ1v) is 11.0. The van der Waals surface area contributed by atoms with Gasteiger partial charge in [0.05, 0.1) is 54.5 Å². The molecule has 1 N–H and O–H groups in total. The number of halogens is 4. The molecule has 0 bridgehead atoms. The number of hydrogen-bond acceptors (Lipinski definition) is 6. The molecule has 1 aliphatic heterocycles. The maximum absolute atomic E-state index is 13.5. The summed E-state index contributed by atoms with van der Waals surface area (Å²) in [4.78, 5) is 31.8. The lowest BCUT2D eigenvalue weighted by molar-refractivity contribution is -0.137. The second-order valence-corrected chi connectivity index (χ2v) is 8.37. The predicted octanol–water partition coefficient (Wildman–Crippen LogP) is 4.03. The number of benzene rings is 1. The van der Waals surface area contributed by atoms with Crippen LogP contribution in [-0.2, 0) is 13.2 Å². The van der Waals surface area contributed by atoms with Crippen molar-refractivity contribution in [2.45, 2.75) is 18.6 Å². The van der Waals surface area contributed by atoms with Gasteiger partial charge in [-0.1, -0.05) is 11.6 Å². The second-order valence-electron chi connectivity index (χ2n) is 7.93. The number of ether oxygens (including phenoxy) is 2. The van der Waals surface area contributed by atoms with Crippen molar-refractivity contribution in [1.82, 2.24) is 20.1 Å². The number of carbonyl (C=O) groups excluding carboxylic acids is 2. The number of fused-ring (bicyclic) bond motifs is 1. The molecule has 1 aromatic carbocycles. The first-order chi connectivity index (χ1) is 17.0. The minimum absolute atomic E-state index is 0.135. The van der Waals surface area contributed by atoms with Gasteiger partial charge in [-0.25, -0.2) is 4.98 Å². The van der Waals surface area contributed by atoms with E-state index in [4.69, 9.17) is 21.1 Å². The molecule has 1 unspecified atom stereocenters. The van der Waals surface area contributed by atoms with Crippen LogP contribution < -0.4 is 19.7 Å². The largest absolute Gasteiger partial charge is 0.491 e. The van der Waals surface area contributed by atoms with E-state index in [0.29, 0.717) is 17.4 Å². The normalized spacial score (nSPS) is 15.3. The maximum atomic E-state index is 13.5.